The van der Waals surface area contributed by atoms with Crippen LogP contribution in [0.15, 0.2) is 48.5 Å². The van der Waals surface area contributed by atoms with Crippen LogP contribution in [0.2, 0.25) is 0 Å². The number of nitrogens with one attached hydrogen (secondary N) is 1. The molecular weight excluding hydrogens is 495 g/mol. The van der Waals surface area contributed by atoms with E-state index >= 15 is 0 Å². The summed E-state index contributed by atoms with van der Waals surface area (Å²) < 4.78 is 41.9. The lowest BCUT2D eigenvalue weighted by molar-refractivity contribution is -0.140. The Hall–Kier alpha value is -2.98. The van der Waals surface area contributed by atoms with Crippen molar-refractivity contribution in [3.63, 3.8) is 0 Å². The normalized spacial score (nSPS) is 15.0. The Balaban J connectivity index is 1.95. The number of hydrogen-bond donors (Lipinski definition) is 1. The molecule has 1 aliphatic rings. The molecule has 0 aliphatic heterocycles. The lowest BCUT2D eigenvalue weighted by atomic mass is 10.1. The number of nitrogens with zero attached hydrogens (tertiary/aromatic N) is 3. The molecule has 1 saturated carbocycles. The Morgan fingerprint density at radius 2 is 1.62 bits per heavy atom. The Morgan fingerprint density at radius 1 is 1.03 bits per heavy atom. The molecule has 0 saturated heterocycles. The van der Waals surface area contributed by atoms with E-state index < -0.39 is 34.5 Å². The Labute approximate surface area is 219 Å². The fourth-order valence-electron chi connectivity index (χ4n) is 4.50. The minimum absolute atomic E-state index is 0.0858. The SMILES string of the molecule is CC[C@@H](C(=O)NC1CCCC1)N(Cc1ccc(C)cc1)C(=O)CN(c1ccc(F)cc1)S(=O)(=O)N(C)C. The lowest BCUT2D eigenvalue weighted by Crippen LogP contribution is -2.54. The average molecular weight is 533 g/mol. The number of halogens is 1. The van der Waals surface area contributed by atoms with Crippen molar-refractivity contribution in [1.82, 2.24) is 14.5 Å². The molecule has 1 atom stereocenters. The third-order valence-electron chi connectivity index (χ3n) is 6.69. The second-order valence-electron chi connectivity index (χ2n) is 9.69. The Kier molecular flexibility index (Phi) is 9.67. The van der Waals surface area contributed by atoms with Gasteiger partial charge in [-0.05, 0) is 56.0 Å². The van der Waals surface area contributed by atoms with Gasteiger partial charge in [-0.25, -0.2) is 8.70 Å². The summed E-state index contributed by atoms with van der Waals surface area (Å²) in [7, 11) is -1.36. The number of amides is 2. The minimum Gasteiger partial charge on any atom is -0.352 e. The van der Waals surface area contributed by atoms with E-state index in [4.69, 9.17) is 0 Å². The molecule has 2 amide bonds. The highest BCUT2D eigenvalue weighted by molar-refractivity contribution is 7.90. The number of hydrogen-bond acceptors (Lipinski definition) is 4. The summed E-state index contributed by atoms with van der Waals surface area (Å²) >= 11 is 0. The van der Waals surface area contributed by atoms with Gasteiger partial charge in [0.05, 0.1) is 5.69 Å². The molecule has 1 N–H and O–H groups in total. The molecule has 1 fully saturated rings. The van der Waals surface area contributed by atoms with Crippen molar-refractivity contribution in [3.05, 3.63) is 65.5 Å². The monoisotopic (exact) mass is 532 g/mol. The molecule has 10 heteroatoms. The summed E-state index contributed by atoms with van der Waals surface area (Å²) in [4.78, 5) is 28.6. The maximum atomic E-state index is 13.8. The molecule has 2 aromatic rings. The molecule has 8 nitrogen and oxygen atoms in total. The molecule has 37 heavy (non-hydrogen) atoms. The minimum atomic E-state index is -4.09. The van der Waals surface area contributed by atoms with Crippen molar-refractivity contribution in [1.29, 1.82) is 0 Å². The lowest BCUT2D eigenvalue weighted by Gasteiger charge is -2.34. The molecule has 0 bridgehead atoms. The fourth-order valence-corrected chi connectivity index (χ4v) is 5.56. The van der Waals surface area contributed by atoms with Crippen LogP contribution in [0.25, 0.3) is 0 Å². The molecule has 0 spiro atoms. The van der Waals surface area contributed by atoms with Crippen molar-refractivity contribution >= 4 is 27.7 Å². The Bertz CT molecular complexity index is 1160. The summed E-state index contributed by atoms with van der Waals surface area (Å²) in [5, 5.41) is 3.09. The molecule has 0 heterocycles. The molecule has 0 radical (unpaired) electrons. The van der Waals surface area contributed by atoms with Crippen LogP contribution in [0.5, 0.6) is 0 Å². The molecule has 0 aromatic heterocycles. The summed E-state index contributed by atoms with van der Waals surface area (Å²) in [5.74, 6) is -1.28. The number of anilines is 1. The van der Waals surface area contributed by atoms with Gasteiger partial charge in [-0.2, -0.15) is 12.7 Å². The molecule has 3 rings (SSSR count). The van der Waals surface area contributed by atoms with Crippen LogP contribution in [-0.2, 0) is 26.3 Å². The number of rotatable bonds is 11. The maximum Gasteiger partial charge on any atom is 0.304 e. The predicted octanol–water partition coefficient (Wildman–Crippen LogP) is 3.61. The summed E-state index contributed by atoms with van der Waals surface area (Å²) in [6.07, 6.45) is 4.31. The molecule has 202 valence electrons. The van der Waals surface area contributed by atoms with Gasteiger partial charge in [0.1, 0.15) is 18.4 Å². The van der Waals surface area contributed by atoms with Gasteiger partial charge in [-0.1, -0.05) is 49.6 Å². The van der Waals surface area contributed by atoms with Crippen LogP contribution in [0.3, 0.4) is 0 Å². The van der Waals surface area contributed by atoms with Gasteiger partial charge < -0.3 is 10.2 Å². The van der Waals surface area contributed by atoms with E-state index in [1.807, 2.05) is 38.1 Å². The first kappa shape index (κ1) is 28.6. The number of carbonyl (C=O) groups excluding carboxylic acids is 2. The molecule has 1 aliphatic carbocycles. The quantitative estimate of drug-likeness (QED) is 0.479. The predicted molar refractivity (Wildman–Crippen MR) is 143 cm³/mol. The largest absolute Gasteiger partial charge is 0.352 e. The maximum absolute atomic E-state index is 13.8. The van der Waals surface area contributed by atoms with E-state index in [1.165, 1.54) is 31.1 Å². The first-order valence-electron chi connectivity index (χ1n) is 12.6. The van der Waals surface area contributed by atoms with E-state index in [0.29, 0.717) is 6.42 Å². The topological polar surface area (TPSA) is 90.0 Å². The zero-order valence-corrected chi connectivity index (χ0v) is 22.8. The third kappa shape index (κ3) is 7.29. The van der Waals surface area contributed by atoms with Crippen LogP contribution < -0.4 is 9.62 Å². The van der Waals surface area contributed by atoms with Crippen LogP contribution in [-0.4, -0.2) is 62.2 Å². The van der Waals surface area contributed by atoms with Gasteiger partial charge in [0.15, 0.2) is 0 Å². The average Bonchev–Trinajstić information content (AvgIpc) is 3.37. The highest BCUT2D eigenvalue weighted by Crippen LogP contribution is 2.23. The van der Waals surface area contributed by atoms with E-state index in [9.17, 15) is 22.4 Å². The first-order chi connectivity index (χ1) is 17.5. The molecular formula is C27H37FN4O4S. The summed E-state index contributed by atoms with van der Waals surface area (Å²) in [6.45, 7) is 3.41. The fraction of sp³-hybridized carbons (Fsp3) is 0.481. The van der Waals surface area contributed by atoms with Gasteiger partial charge in [0, 0.05) is 26.7 Å². The highest BCUT2D eigenvalue weighted by Gasteiger charge is 2.34. The van der Waals surface area contributed by atoms with Crippen LogP contribution in [0.1, 0.15) is 50.2 Å². The molecule has 2 aromatic carbocycles. The van der Waals surface area contributed by atoms with Gasteiger partial charge in [-0.3, -0.25) is 9.59 Å². The van der Waals surface area contributed by atoms with E-state index in [0.717, 1.165) is 57.6 Å². The number of carbonyl (C=O) groups is 2. The van der Waals surface area contributed by atoms with Crippen LogP contribution >= 0.6 is 0 Å². The van der Waals surface area contributed by atoms with Gasteiger partial charge in [0.25, 0.3) is 0 Å². The van der Waals surface area contributed by atoms with Gasteiger partial charge in [0.2, 0.25) is 11.8 Å². The van der Waals surface area contributed by atoms with Crippen LogP contribution in [0.4, 0.5) is 10.1 Å². The van der Waals surface area contributed by atoms with E-state index in [2.05, 4.69) is 5.32 Å². The van der Waals surface area contributed by atoms with E-state index in [-0.39, 0.29) is 24.2 Å². The highest BCUT2D eigenvalue weighted by atomic mass is 32.2. The second kappa shape index (κ2) is 12.5. The standard InChI is InChI=1S/C27H37FN4O4S/c1-5-25(27(34)29-23-8-6-7-9-23)31(18-21-12-10-20(2)11-13-21)26(33)19-32(37(35,36)30(3)4)24-16-14-22(28)15-17-24/h10-17,23,25H,5-9,18-19H2,1-4H3,(H,29,34)/t25-/m0/s1. The van der Waals surface area contributed by atoms with Crippen molar-refractivity contribution in [2.75, 3.05) is 24.9 Å². The number of aryl methyl sites for hydroxylation is 1. The first-order valence-corrected chi connectivity index (χ1v) is 14.0. The Morgan fingerprint density at radius 3 is 2.16 bits per heavy atom. The van der Waals surface area contributed by atoms with Crippen molar-refractivity contribution in [2.24, 2.45) is 0 Å². The third-order valence-corrected chi connectivity index (χ3v) is 8.51. The second-order valence-corrected chi connectivity index (χ2v) is 11.8. The van der Waals surface area contributed by atoms with E-state index in [1.54, 1.807) is 0 Å². The summed E-state index contributed by atoms with van der Waals surface area (Å²) in [5.41, 5.74) is 2.05. The van der Waals surface area contributed by atoms with Gasteiger partial charge >= 0.3 is 10.2 Å². The zero-order chi connectivity index (χ0) is 27.2. The van der Waals surface area contributed by atoms with Crippen molar-refractivity contribution in [2.45, 2.75) is 64.6 Å². The smallest absolute Gasteiger partial charge is 0.304 e. The number of benzene rings is 2. The van der Waals surface area contributed by atoms with Crippen LogP contribution in [0, 0.1) is 12.7 Å². The summed E-state index contributed by atoms with van der Waals surface area (Å²) in [6, 6.07) is 11.9. The molecule has 0 unspecified atom stereocenters. The van der Waals surface area contributed by atoms with Crippen molar-refractivity contribution in [3.8, 4) is 0 Å². The van der Waals surface area contributed by atoms with Crippen molar-refractivity contribution < 1.29 is 22.4 Å². The van der Waals surface area contributed by atoms with Gasteiger partial charge in [-0.15, -0.1) is 0 Å². The zero-order valence-electron chi connectivity index (χ0n) is 22.0.